The van der Waals surface area contributed by atoms with Crippen molar-refractivity contribution >= 4 is 0 Å². The van der Waals surface area contributed by atoms with Crippen molar-refractivity contribution in [3.63, 3.8) is 0 Å². The molecule has 0 aromatic heterocycles. The van der Waals surface area contributed by atoms with E-state index in [0.29, 0.717) is 0 Å². The molecular formula is C17H31N3. The van der Waals surface area contributed by atoms with E-state index in [9.17, 15) is 5.26 Å². The molecule has 1 saturated carbocycles. The summed E-state index contributed by atoms with van der Waals surface area (Å²) >= 11 is 0. The molecule has 114 valence electrons. The molecule has 1 aliphatic heterocycles. The zero-order valence-electron chi connectivity index (χ0n) is 13.4. The Morgan fingerprint density at radius 1 is 1.20 bits per heavy atom. The van der Waals surface area contributed by atoms with Crippen LogP contribution in [0.5, 0.6) is 0 Å². The maximum absolute atomic E-state index is 9.33. The normalized spacial score (nSPS) is 25.4. The Morgan fingerprint density at radius 2 is 1.85 bits per heavy atom. The molecule has 0 aromatic rings. The van der Waals surface area contributed by atoms with Gasteiger partial charge in [-0.15, -0.1) is 0 Å². The van der Waals surface area contributed by atoms with Gasteiger partial charge in [0.1, 0.15) is 5.54 Å². The fourth-order valence-electron chi connectivity index (χ4n) is 4.15. The summed E-state index contributed by atoms with van der Waals surface area (Å²) in [6.07, 6.45) is 11.7. The number of piperidine rings is 1. The van der Waals surface area contributed by atoms with Crippen molar-refractivity contribution in [3.8, 4) is 6.07 Å². The van der Waals surface area contributed by atoms with E-state index in [2.05, 4.69) is 23.2 Å². The van der Waals surface area contributed by atoms with Gasteiger partial charge in [0.05, 0.1) is 6.07 Å². The summed E-state index contributed by atoms with van der Waals surface area (Å²) in [7, 11) is 1.91. The Hall–Kier alpha value is -0.590. The van der Waals surface area contributed by atoms with Gasteiger partial charge in [-0.3, -0.25) is 0 Å². The lowest BCUT2D eigenvalue weighted by molar-refractivity contribution is 0.106. The van der Waals surface area contributed by atoms with Crippen LogP contribution in [0.3, 0.4) is 0 Å². The molecule has 1 unspecified atom stereocenters. The molecule has 1 aliphatic carbocycles. The fourth-order valence-corrected chi connectivity index (χ4v) is 4.15. The van der Waals surface area contributed by atoms with E-state index < -0.39 is 0 Å². The minimum Gasteiger partial charge on any atom is -0.303 e. The van der Waals surface area contributed by atoms with Crippen molar-refractivity contribution in [1.29, 1.82) is 5.26 Å². The van der Waals surface area contributed by atoms with Crippen LogP contribution < -0.4 is 5.32 Å². The summed E-state index contributed by atoms with van der Waals surface area (Å²) in [4.78, 5) is 2.62. The van der Waals surface area contributed by atoms with Gasteiger partial charge in [-0.05, 0) is 77.0 Å². The Labute approximate surface area is 124 Å². The van der Waals surface area contributed by atoms with Crippen LogP contribution in [0, 0.1) is 16.7 Å². The smallest absolute Gasteiger partial charge is 0.106 e. The molecule has 3 heteroatoms. The van der Waals surface area contributed by atoms with E-state index >= 15 is 0 Å². The zero-order chi connectivity index (χ0) is 14.5. The standard InChI is InChI=1S/C17H31N3/c1-3-17(15-18,19-2)9-6-12-20-13-10-16(11-14-20)7-4-5-8-16/h19H,3-14H2,1-2H3. The first kappa shape index (κ1) is 15.8. The second-order valence-corrected chi connectivity index (χ2v) is 6.95. The number of likely N-dealkylation sites (tertiary alicyclic amines) is 1. The van der Waals surface area contributed by atoms with Gasteiger partial charge in [-0.2, -0.15) is 5.26 Å². The highest BCUT2D eigenvalue weighted by Crippen LogP contribution is 2.46. The van der Waals surface area contributed by atoms with Crippen LogP contribution in [-0.2, 0) is 0 Å². The number of rotatable bonds is 6. The quantitative estimate of drug-likeness (QED) is 0.809. The highest BCUT2D eigenvalue weighted by molar-refractivity contribution is 5.05. The van der Waals surface area contributed by atoms with Gasteiger partial charge in [0, 0.05) is 0 Å². The SMILES string of the molecule is CCC(C#N)(CCCN1CCC2(CCCC2)CC1)NC. The van der Waals surface area contributed by atoms with Crippen molar-refractivity contribution in [2.75, 3.05) is 26.7 Å². The zero-order valence-corrected chi connectivity index (χ0v) is 13.4. The van der Waals surface area contributed by atoms with E-state index in [1.165, 1.54) is 58.2 Å². The molecule has 20 heavy (non-hydrogen) atoms. The second-order valence-electron chi connectivity index (χ2n) is 6.95. The van der Waals surface area contributed by atoms with E-state index in [1.54, 1.807) is 0 Å². The van der Waals surface area contributed by atoms with Crippen LogP contribution in [0.2, 0.25) is 0 Å². The van der Waals surface area contributed by atoms with Gasteiger partial charge in [0.15, 0.2) is 0 Å². The molecule has 1 atom stereocenters. The Morgan fingerprint density at radius 3 is 2.35 bits per heavy atom. The van der Waals surface area contributed by atoms with Crippen molar-refractivity contribution < 1.29 is 0 Å². The summed E-state index contributed by atoms with van der Waals surface area (Å²) in [5, 5.41) is 12.5. The maximum atomic E-state index is 9.33. The van der Waals surface area contributed by atoms with Crippen LogP contribution in [-0.4, -0.2) is 37.1 Å². The van der Waals surface area contributed by atoms with Crippen LogP contribution >= 0.6 is 0 Å². The second kappa shape index (κ2) is 6.91. The molecule has 2 fully saturated rings. The van der Waals surface area contributed by atoms with E-state index in [0.717, 1.165) is 24.7 Å². The number of hydrogen-bond acceptors (Lipinski definition) is 3. The molecule has 3 nitrogen and oxygen atoms in total. The first-order valence-electron chi connectivity index (χ1n) is 8.50. The summed E-state index contributed by atoms with van der Waals surface area (Å²) in [5.74, 6) is 0. The molecule has 1 spiro atoms. The van der Waals surface area contributed by atoms with Crippen LogP contribution in [0.15, 0.2) is 0 Å². The van der Waals surface area contributed by atoms with E-state index in [4.69, 9.17) is 0 Å². The molecular weight excluding hydrogens is 246 g/mol. The topological polar surface area (TPSA) is 39.1 Å². The highest BCUT2D eigenvalue weighted by Gasteiger charge is 2.36. The fraction of sp³-hybridized carbons (Fsp3) is 0.941. The Balaban J connectivity index is 1.70. The van der Waals surface area contributed by atoms with Gasteiger partial charge in [-0.1, -0.05) is 19.8 Å². The van der Waals surface area contributed by atoms with Crippen LogP contribution in [0.25, 0.3) is 0 Å². The Kier molecular flexibility index (Phi) is 5.46. The summed E-state index contributed by atoms with van der Waals surface area (Å²) < 4.78 is 0. The number of nitrogens with one attached hydrogen (secondary N) is 1. The predicted molar refractivity (Wildman–Crippen MR) is 83.5 cm³/mol. The first-order valence-corrected chi connectivity index (χ1v) is 8.50. The summed E-state index contributed by atoms with van der Waals surface area (Å²) in [6, 6.07) is 2.46. The monoisotopic (exact) mass is 277 g/mol. The Bertz CT molecular complexity index is 325. The lowest BCUT2D eigenvalue weighted by Gasteiger charge is -2.39. The van der Waals surface area contributed by atoms with Crippen molar-refractivity contribution in [3.05, 3.63) is 0 Å². The molecule has 0 bridgehead atoms. The molecule has 0 amide bonds. The third-order valence-electron chi connectivity index (χ3n) is 5.95. The minimum atomic E-state index is -0.303. The maximum Gasteiger partial charge on any atom is 0.106 e. The average Bonchev–Trinajstić information content (AvgIpc) is 2.95. The molecule has 0 aromatic carbocycles. The minimum absolute atomic E-state index is 0.303. The molecule has 0 radical (unpaired) electrons. The molecule has 1 saturated heterocycles. The third kappa shape index (κ3) is 3.54. The average molecular weight is 277 g/mol. The van der Waals surface area contributed by atoms with Gasteiger partial charge < -0.3 is 10.2 Å². The number of nitriles is 1. The van der Waals surface area contributed by atoms with Gasteiger partial charge in [0.2, 0.25) is 0 Å². The molecule has 1 N–H and O–H groups in total. The molecule has 1 heterocycles. The summed E-state index contributed by atoms with van der Waals surface area (Å²) in [5.41, 5.74) is 0.420. The van der Waals surface area contributed by atoms with Gasteiger partial charge in [-0.25, -0.2) is 0 Å². The third-order valence-corrected chi connectivity index (χ3v) is 5.95. The van der Waals surface area contributed by atoms with Gasteiger partial charge >= 0.3 is 0 Å². The largest absolute Gasteiger partial charge is 0.303 e. The van der Waals surface area contributed by atoms with Crippen molar-refractivity contribution in [1.82, 2.24) is 10.2 Å². The first-order chi connectivity index (χ1) is 9.67. The summed E-state index contributed by atoms with van der Waals surface area (Å²) in [6.45, 7) is 5.84. The van der Waals surface area contributed by atoms with Crippen molar-refractivity contribution in [2.45, 2.75) is 70.3 Å². The highest BCUT2D eigenvalue weighted by atomic mass is 15.1. The van der Waals surface area contributed by atoms with Crippen molar-refractivity contribution in [2.24, 2.45) is 5.41 Å². The van der Waals surface area contributed by atoms with E-state index in [-0.39, 0.29) is 5.54 Å². The number of nitrogens with zero attached hydrogens (tertiary/aromatic N) is 2. The van der Waals surface area contributed by atoms with E-state index in [1.807, 2.05) is 7.05 Å². The number of hydrogen-bond donors (Lipinski definition) is 1. The van der Waals surface area contributed by atoms with Crippen LogP contribution in [0.1, 0.15) is 64.7 Å². The lowest BCUT2D eigenvalue weighted by atomic mass is 9.77. The molecule has 2 rings (SSSR count). The lowest BCUT2D eigenvalue weighted by Crippen LogP contribution is -2.43. The molecule has 2 aliphatic rings. The van der Waals surface area contributed by atoms with Gasteiger partial charge in [0.25, 0.3) is 0 Å². The van der Waals surface area contributed by atoms with Crippen LogP contribution in [0.4, 0.5) is 0 Å². The predicted octanol–water partition coefficient (Wildman–Crippen LogP) is 3.31.